The third-order valence-corrected chi connectivity index (χ3v) is 8.23. The number of benzene rings is 3. The van der Waals surface area contributed by atoms with Crippen LogP contribution in [0.5, 0.6) is 11.5 Å². The third kappa shape index (κ3) is 6.49. The van der Waals surface area contributed by atoms with Gasteiger partial charge in [-0.15, -0.1) is 0 Å². The molecular weight excluding hydrogens is 555 g/mol. The van der Waals surface area contributed by atoms with Gasteiger partial charge in [-0.1, -0.05) is 12.1 Å². The second kappa shape index (κ2) is 12.4. The summed E-state index contributed by atoms with van der Waals surface area (Å²) in [5.74, 6) is -1.60. The number of nitrogens with zero attached hydrogens (tertiary/aromatic N) is 2. The van der Waals surface area contributed by atoms with Crippen LogP contribution < -0.4 is 14.4 Å². The van der Waals surface area contributed by atoms with Crippen LogP contribution in [0.4, 0.5) is 10.1 Å². The Morgan fingerprint density at radius 2 is 1.44 bits per heavy atom. The van der Waals surface area contributed by atoms with E-state index in [-0.39, 0.29) is 28.3 Å². The van der Waals surface area contributed by atoms with Crippen molar-refractivity contribution in [2.45, 2.75) is 39.7 Å². The fourth-order valence-electron chi connectivity index (χ4n) is 6.10. The summed E-state index contributed by atoms with van der Waals surface area (Å²) < 4.78 is 25.7. The van der Waals surface area contributed by atoms with Crippen molar-refractivity contribution in [2.24, 2.45) is 5.41 Å². The maximum absolute atomic E-state index is 13.6. The predicted molar refractivity (Wildman–Crippen MR) is 158 cm³/mol. The van der Waals surface area contributed by atoms with Crippen LogP contribution in [-0.4, -0.2) is 65.8 Å². The summed E-state index contributed by atoms with van der Waals surface area (Å²) in [5.41, 5.74) is 2.31. The van der Waals surface area contributed by atoms with Crippen LogP contribution in [0, 0.1) is 11.2 Å². The Hall–Kier alpha value is -4.44. The fraction of sp³-hybridized carbons (Fsp3) is 0.364. The molecule has 1 amide bonds. The zero-order valence-electron chi connectivity index (χ0n) is 24.3. The first-order valence-corrected chi connectivity index (χ1v) is 14.4. The lowest BCUT2D eigenvalue weighted by molar-refractivity contribution is -0.118. The first-order valence-electron chi connectivity index (χ1n) is 14.4. The molecule has 2 fully saturated rings. The highest BCUT2D eigenvalue weighted by molar-refractivity contribution is 6.01. The van der Waals surface area contributed by atoms with Gasteiger partial charge < -0.3 is 24.6 Å². The van der Waals surface area contributed by atoms with Crippen molar-refractivity contribution in [3.05, 3.63) is 77.1 Å². The van der Waals surface area contributed by atoms with Gasteiger partial charge in [0.1, 0.15) is 17.3 Å². The molecule has 0 unspecified atom stereocenters. The number of hydrogen-bond donors (Lipinski definition) is 2. The third-order valence-electron chi connectivity index (χ3n) is 8.23. The van der Waals surface area contributed by atoms with E-state index in [2.05, 4.69) is 4.90 Å². The fourth-order valence-corrected chi connectivity index (χ4v) is 6.10. The molecule has 0 aromatic heterocycles. The van der Waals surface area contributed by atoms with E-state index >= 15 is 0 Å². The highest BCUT2D eigenvalue weighted by Gasteiger charge is 2.45. The summed E-state index contributed by atoms with van der Waals surface area (Å²) in [6.07, 6.45) is 1.86. The predicted octanol–water partition coefficient (Wildman–Crippen LogP) is 5.71. The van der Waals surface area contributed by atoms with Crippen molar-refractivity contribution in [2.75, 3.05) is 37.7 Å². The Kier molecular flexibility index (Phi) is 8.68. The minimum absolute atomic E-state index is 0.133. The lowest BCUT2D eigenvalue weighted by atomic mass is 9.77. The average Bonchev–Trinajstić information content (AvgIpc) is 3.30. The summed E-state index contributed by atoms with van der Waals surface area (Å²) >= 11 is 0. The number of carbonyl (C=O) groups is 3. The van der Waals surface area contributed by atoms with E-state index in [1.165, 1.54) is 29.2 Å². The Labute approximate surface area is 249 Å². The van der Waals surface area contributed by atoms with Crippen LogP contribution in [0.2, 0.25) is 0 Å². The monoisotopic (exact) mass is 590 g/mol. The lowest BCUT2D eigenvalue weighted by Gasteiger charge is -2.39. The number of piperidine rings is 1. The molecule has 10 heteroatoms. The number of halogens is 1. The first kappa shape index (κ1) is 30.0. The summed E-state index contributed by atoms with van der Waals surface area (Å²) in [5, 5.41) is 18.9. The highest BCUT2D eigenvalue weighted by atomic mass is 19.1. The molecule has 3 aromatic rings. The Morgan fingerprint density at radius 3 is 1.95 bits per heavy atom. The molecule has 2 N–H and O–H groups in total. The van der Waals surface area contributed by atoms with E-state index < -0.39 is 11.9 Å². The van der Waals surface area contributed by atoms with Crippen LogP contribution in [0.3, 0.4) is 0 Å². The van der Waals surface area contributed by atoms with Gasteiger partial charge in [-0.2, -0.15) is 0 Å². The van der Waals surface area contributed by atoms with Gasteiger partial charge in [-0.3, -0.25) is 9.69 Å². The largest absolute Gasteiger partial charge is 0.493 e. The van der Waals surface area contributed by atoms with E-state index in [9.17, 15) is 29.0 Å². The molecule has 9 nitrogen and oxygen atoms in total. The molecule has 3 aromatic carbocycles. The van der Waals surface area contributed by atoms with E-state index in [0.29, 0.717) is 49.9 Å². The molecule has 2 aliphatic heterocycles. The maximum atomic E-state index is 13.6. The van der Waals surface area contributed by atoms with Crippen molar-refractivity contribution >= 4 is 23.5 Å². The molecule has 2 aliphatic rings. The van der Waals surface area contributed by atoms with E-state index in [1.807, 2.05) is 26.0 Å². The van der Waals surface area contributed by atoms with Crippen molar-refractivity contribution in [1.82, 2.24) is 4.90 Å². The summed E-state index contributed by atoms with van der Waals surface area (Å²) in [7, 11) is 0. The zero-order valence-corrected chi connectivity index (χ0v) is 24.3. The topological polar surface area (TPSA) is 117 Å². The van der Waals surface area contributed by atoms with Crippen molar-refractivity contribution in [1.29, 1.82) is 0 Å². The molecule has 226 valence electrons. The minimum atomic E-state index is -1.25. The van der Waals surface area contributed by atoms with Crippen LogP contribution in [0.25, 0.3) is 11.1 Å². The SMILES string of the molecule is CCOc1cc(CN2CCC3(CC2)CC(=O)N(c2cc(C(=O)O)cc(C(=O)O)c2)C3)cc(OCC)c1-c1ccc(F)cc1. The van der Waals surface area contributed by atoms with Gasteiger partial charge in [-0.25, -0.2) is 14.0 Å². The number of rotatable bonds is 10. The van der Waals surface area contributed by atoms with Gasteiger partial charge in [0.2, 0.25) is 5.91 Å². The molecule has 0 aliphatic carbocycles. The highest BCUT2D eigenvalue weighted by Crippen LogP contribution is 2.44. The maximum Gasteiger partial charge on any atom is 0.335 e. The van der Waals surface area contributed by atoms with Gasteiger partial charge in [0.05, 0.1) is 29.9 Å². The number of hydrogen-bond acceptors (Lipinski definition) is 6. The summed E-state index contributed by atoms with van der Waals surface area (Å²) in [4.78, 5) is 40.2. The number of likely N-dealkylation sites (tertiary alicyclic amines) is 1. The Bertz CT molecular complexity index is 1470. The standard InChI is InChI=1S/C33H35FN2O7/c1-3-42-27-13-21(14-28(43-4-2)30(27)22-5-7-25(34)8-6-22)19-35-11-9-33(10-12-35)18-29(37)36(20-33)26-16-23(31(38)39)15-24(17-26)32(40)41/h5-8,13-17H,3-4,9-12,18-20H2,1-2H3,(H,38,39)(H,40,41). The second-order valence-corrected chi connectivity index (χ2v) is 11.2. The van der Waals surface area contributed by atoms with Gasteiger partial charge in [0.25, 0.3) is 0 Å². The quantitative estimate of drug-likeness (QED) is 0.309. The molecule has 2 heterocycles. The Balaban J connectivity index is 1.32. The lowest BCUT2D eigenvalue weighted by Crippen LogP contribution is -2.41. The average molecular weight is 591 g/mol. The van der Waals surface area contributed by atoms with Gasteiger partial charge >= 0.3 is 11.9 Å². The number of ether oxygens (including phenoxy) is 2. The number of anilines is 1. The number of carbonyl (C=O) groups excluding carboxylic acids is 1. The van der Waals surface area contributed by atoms with Gasteiger partial charge in [-0.05, 0) is 98.8 Å². The number of amides is 1. The van der Waals surface area contributed by atoms with Crippen LogP contribution in [0.1, 0.15) is 59.4 Å². The smallest absolute Gasteiger partial charge is 0.335 e. The van der Waals surface area contributed by atoms with Crippen molar-refractivity contribution in [3.63, 3.8) is 0 Å². The molecule has 43 heavy (non-hydrogen) atoms. The van der Waals surface area contributed by atoms with E-state index in [0.717, 1.165) is 48.7 Å². The minimum Gasteiger partial charge on any atom is -0.493 e. The summed E-state index contributed by atoms with van der Waals surface area (Å²) in [6, 6.07) is 14.1. The molecule has 5 rings (SSSR count). The Morgan fingerprint density at radius 1 is 0.884 bits per heavy atom. The van der Waals surface area contributed by atoms with Gasteiger partial charge in [0.15, 0.2) is 0 Å². The number of carboxylic acid groups (broad SMARTS) is 2. The zero-order chi connectivity index (χ0) is 30.7. The van der Waals surface area contributed by atoms with E-state index in [4.69, 9.17) is 9.47 Å². The van der Waals surface area contributed by atoms with Crippen LogP contribution >= 0.6 is 0 Å². The molecular formula is C33H35FN2O7. The molecule has 0 saturated carbocycles. The number of aromatic carboxylic acids is 2. The van der Waals surface area contributed by atoms with E-state index in [1.54, 1.807) is 12.1 Å². The van der Waals surface area contributed by atoms with Crippen molar-refractivity contribution in [3.8, 4) is 22.6 Å². The van der Waals surface area contributed by atoms with Crippen molar-refractivity contribution < 1.29 is 38.5 Å². The molecule has 2 saturated heterocycles. The second-order valence-electron chi connectivity index (χ2n) is 11.2. The number of carboxylic acids is 2. The molecule has 1 spiro atoms. The van der Waals surface area contributed by atoms with Crippen LogP contribution in [0.15, 0.2) is 54.6 Å². The van der Waals surface area contributed by atoms with Gasteiger partial charge in [0, 0.05) is 25.2 Å². The molecule has 0 bridgehead atoms. The molecule has 0 atom stereocenters. The molecule has 0 radical (unpaired) electrons. The summed E-state index contributed by atoms with van der Waals surface area (Å²) in [6.45, 7) is 7.33. The first-order chi connectivity index (χ1) is 20.6. The van der Waals surface area contributed by atoms with Crippen LogP contribution in [-0.2, 0) is 11.3 Å². The normalized spacial score (nSPS) is 16.4.